The number of rotatable bonds is 1. The van der Waals surface area contributed by atoms with E-state index >= 15 is 0 Å². The van der Waals surface area contributed by atoms with E-state index in [2.05, 4.69) is 15.9 Å². The fourth-order valence-corrected chi connectivity index (χ4v) is 1.91. The summed E-state index contributed by atoms with van der Waals surface area (Å²) in [5.74, 6) is 0. The lowest BCUT2D eigenvalue weighted by Gasteiger charge is -2.17. The van der Waals surface area contributed by atoms with Crippen molar-refractivity contribution < 1.29 is 18.3 Å². The Bertz CT molecular complexity index is 320. The predicted molar refractivity (Wildman–Crippen MR) is 50.2 cm³/mol. The van der Waals surface area contributed by atoms with Crippen molar-refractivity contribution in [2.75, 3.05) is 0 Å². The number of halogens is 5. The Kier molecular flexibility index (Phi) is 3.44. The van der Waals surface area contributed by atoms with Crippen molar-refractivity contribution in [2.24, 2.45) is 0 Å². The number of alkyl halides is 3. The molecule has 0 saturated carbocycles. The Morgan fingerprint density at radius 2 is 1.93 bits per heavy atom. The molecule has 0 aliphatic carbocycles. The van der Waals surface area contributed by atoms with E-state index in [1.807, 2.05) is 0 Å². The maximum atomic E-state index is 12.2. The van der Waals surface area contributed by atoms with Gasteiger partial charge < -0.3 is 5.11 Å². The number of hydrogen-bond donors (Lipinski definition) is 1. The number of hydrogen-bond acceptors (Lipinski definition) is 1. The molecule has 0 radical (unpaired) electrons. The van der Waals surface area contributed by atoms with Crippen LogP contribution < -0.4 is 0 Å². The molecule has 14 heavy (non-hydrogen) atoms. The Labute approximate surface area is 91.6 Å². The first-order valence-electron chi connectivity index (χ1n) is 3.52. The molecule has 0 aliphatic rings. The van der Waals surface area contributed by atoms with Crippen LogP contribution >= 0.6 is 27.5 Å². The third-order valence-electron chi connectivity index (χ3n) is 1.58. The molecule has 1 rings (SSSR count). The SMILES string of the molecule is O[C@H](c1c(Cl)cccc1Br)C(F)(F)F. The topological polar surface area (TPSA) is 20.2 Å². The molecule has 1 nitrogen and oxygen atoms in total. The Morgan fingerprint density at radius 3 is 2.36 bits per heavy atom. The van der Waals surface area contributed by atoms with Crippen molar-refractivity contribution >= 4 is 27.5 Å². The summed E-state index contributed by atoms with van der Waals surface area (Å²) in [7, 11) is 0. The van der Waals surface area contributed by atoms with Gasteiger partial charge in [0.25, 0.3) is 0 Å². The molecule has 0 aromatic heterocycles. The first-order chi connectivity index (χ1) is 6.34. The van der Waals surface area contributed by atoms with Gasteiger partial charge in [-0.2, -0.15) is 13.2 Å². The smallest absolute Gasteiger partial charge is 0.379 e. The second kappa shape index (κ2) is 4.08. The Balaban J connectivity index is 3.19. The third kappa shape index (κ3) is 2.40. The highest BCUT2D eigenvalue weighted by Crippen LogP contribution is 2.39. The van der Waals surface area contributed by atoms with Gasteiger partial charge in [0.1, 0.15) is 0 Å². The monoisotopic (exact) mass is 288 g/mol. The minimum absolute atomic E-state index is 0.121. The maximum Gasteiger partial charge on any atom is 0.418 e. The molecule has 1 aromatic rings. The summed E-state index contributed by atoms with van der Waals surface area (Å²) in [5, 5.41) is 8.86. The quantitative estimate of drug-likeness (QED) is 0.836. The molecule has 6 heteroatoms. The summed E-state index contributed by atoms with van der Waals surface area (Å²) in [5.41, 5.74) is -0.360. The van der Waals surface area contributed by atoms with Gasteiger partial charge in [0.05, 0.1) is 0 Å². The standard InChI is InChI=1S/C8H5BrClF3O/c9-4-2-1-3-5(10)6(4)7(14)8(11,12)13/h1-3,7,14H/t7-/m1/s1. The van der Waals surface area contributed by atoms with Crippen LogP contribution in [0.15, 0.2) is 22.7 Å². The van der Waals surface area contributed by atoms with Crippen LogP contribution in [0.1, 0.15) is 11.7 Å². The van der Waals surface area contributed by atoms with Crippen molar-refractivity contribution in [3.8, 4) is 0 Å². The van der Waals surface area contributed by atoms with E-state index in [0.717, 1.165) is 0 Å². The zero-order valence-corrected chi connectivity index (χ0v) is 8.99. The van der Waals surface area contributed by atoms with Gasteiger partial charge in [-0.05, 0) is 12.1 Å². The van der Waals surface area contributed by atoms with Crippen LogP contribution in [0.25, 0.3) is 0 Å². The third-order valence-corrected chi connectivity index (χ3v) is 2.60. The van der Waals surface area contributed by atoms with Gasteiger partial charge in [-0.1, -0.05) is 33.6 Å². The van der Waals surface area contributed by atoms with Crippen LogP contribution in [-0.4, -0.2) is 11.3 Å². The lowest BCUT2D eigenvalue weighted by Crippen LogP contribution is -2.20. The van der Waals surface area contributed by atoms with Crippen LogP contribution in [0.3, 0.4) is 0 Å². The summed E-state index contributed by atoms with van der Waals surface area (Å²) >= 11 is 8.44. The summed E-state index contributed by atoms with van der Waals surface area (Å²) in [4.78, 5) is 0. The number of aliphatic hydroxyl groups is 1. The van der Waals surface area contributed by atoms with E-state index < -0.39 is 12.3 Å². The highest BCUT2D eigenvalue weighted by atomic mass is 79.9. The van der Waals surface area contributed by atoms with Gasteiger partial charge in [0, 0.05) is 15.1 Å². The fraction of sp³-hybridized carbons (Fsp3) is 0.250. The molecule has 0 aliphatic heterocycles. The molecular weight excluding hydrogens is 284 g/mol. The van der Waals surface area contributed by atoms with Crippen LogP contribution in [0.2, 0.25) is 5.02 Å². The highest BCUT2D eigenvalue weighted by molar-refractivity contribution is 9.10. The van der Waals surface area contributed by atoms with Crippen molar-refractivity contribution in [1.82, 2.24) is 0 Å². The molecule has 0 spiro atoms. The zero-order valence-electron chi connectivity index (χ0n) is 6.65. The largest absolute Gasteiger partial charge is 0.418 e. The highest BCUT2D eigenvalue weighted by Gasteiger charge is 2.41. The van der Waals surface area contributed by atoms with E-state index in [1.54, 1.807) is 0 Å². The van der Waals surface area contributed by atoms with Gasteiger partial charge in [0.2, 0.25) is 0 Å². The Morgan fingerprint density at radius 1 is 1.36 bits per heavy atom. The van der Waals surface area contributed by atoms with Crippen molar-refractivity contribution in [2.45, 2.75) is 12.3 Å². The summed E-state index contributed by atoms with van der Waals surface area (Å²) in [6, 6.07) is 4.16. The molecule has 0 fully saturated rings. The molecule has 1 aromatic carbocycles. The van der Waals surface area contributed by atoms with Gasteiger partial charge >= 0.3 is 6.18 Å². The molecule has 0 heterocycles. The number of benzene rings is 1. The average molecular weight is 289 g/mol. The second-order valence-corrected chi connectivity index (χ2v) is 3.84. The van der Waals surface area contributed by atoms with Crippen molar-refractivity contribution in [3.63, 3.8) is 0 Å². The minimum Gasteiger partial charge on any atom is -0.379 e. The van der Waals surface area contributed by atoms with Gasteiger partial charge in [-0.15, -0.1) is 0 Å². The molecule has 78 valence electrons. The van der Waals surface area contributed by atoms with E-state index in [0.29, 0.717) is 0 Å². The fourth-order valence-electron chi connectivity index (χ4n) is 0.936. The van der Waals surface area contributed by atoms with Crippen LogP contribution in [-0.2, 0) is 0 Å². The molecule has 1 atom stereocenters. The summed E-state index contributed by atoms with van der Waals surface area (Å²) in [6.07, 6.45) is -7.28. The molecule has 0 saturated heterocycles. The first kappa shape index (κ1) is 11.8. The van der Waals surface area contributed by atoms with Crippen molar-refractivity contribution in [1.29, 1.82) is 0 Å². The van der Waals surface area contributed by atoms with Crippen LogP contribution in [0.5, 0.6) is 0 Å². The van der Waals surface area contributed by atoms with E-state index in [-0.39, 0.29) is 15.1 Å². The summed E-state index contributed by atoms with van der Waals surface area (Å²) < 4.78 is 36.6. The normalized spacial score (nSPS) is 14.1. The molecule has 0 amide bonds. The molecule has 1 N–H and O–H groups in total. The van der Waals surface area contributed by atoms with Gasteiger partial charge in [-0.3, -0.25) is 0 Å². The lowest BCUT2D eigenvalue weighted by atomic mass is 10.1. The first-order valence-corrected chi connectivity index (χ1v) is 4.70. The Hall–Kier alpha value is -0.260. The minimum atomic E-state index is -4.71. The zero-order chi connectivity index (χ0) is 10.9. The predicted octanol–water partition coefficient (Wildman–Crippen LogP) is 3.70. The molecule has 0 bridgehead atoms. The van der Waals surface area contributed by atoms with E-state index in [9.17, 15) is 13.2 Å². The molecule has 0 unspecified atom stereocenters. The average Bonchev–Trinajstić information content (AvgIpc) is 2.01. The van der Waals surface area contributed by atoms with Gasteiger partial charge in [-0.25, -0.2) is 0 Å². The van der Waals surface area contributed by atoms with Crippen LogP contribution in [0, 0.1) is 0 Å². The lowest BCUT2D eigenvalue weighted by molar-refractivity contribution is -0.207. The molecular formula is C8H5BrClF3O. The summed E-state index contributed by atoms with van der Waals surface area (Å²) in [6.45, 7) is 0. The second-order valence-electron chi connectivity index (χ2n) is 2.58. The van der Waals surface area contributed by atoms with E-state index in [4.69, 9.17) is 16.7 Å². The van der Waals surface area contributed by atoms with Crippen molar-refractivity contribution in [3.05, 3.63) is 33.3 Å². The number of aliphatic hydroxyl groups excluding tert-OH is 1. The van der Waals surface area contributed by atoms with E-state index in [1.165, 1.54) is 18.2 Å². The van der Waals surface area contributed by atoms with Crippen LogP contribution in [0.4, 0.5) is 13.2 Å². The maximum absolute atomic E-state index is 12.2. The van der Waals surface area contributed by atoms with Gasteiger partial charge in [0.15, 0.2) is 6.10 Å².